The summed E-state index contributed by atoms with van der Waals surface area (Å²) in [6, 6.07) is 0. The predicted octanol–water partition coefficient (Wildman–Crippen LogP) is 0.532. The maximum Gasteiger partial charge on any atom is 0.223 e. The van der Waals surface area contributed by atoms with Gasteiger partial charge in [0.15, 0.2) is 5.90 Å². The maximum atomic E-state index is 9.09. The summed E-state index contributed by atoms with van der Waals surface area (Å²) in [6.45, 7) is 5.39. The Morgan fingerprint density at radius 3 is 2.33 bits per heavy atom. The van der Waals surface area contributed by atoms with Gasteiger partial charge in [0.05, 0.1) is 0 Å². The van der Waals surface area contributed by atoms with E-state index in [1.807, 2.05) is 13.8 Å². The summed E-state index contributed by atoms with van der Waals surface area (Å²) in [6.07, 6.45) is -0.766. The van der Waals surface area contributed by atoms with Gasteiger partial charge in [-0.3, -0.25) is 0 Å². The van der Waals surface area contributed by atoms with Gasteiger partial charge < -0.3 is 9.84 Å². The Labute approximate surface area is 54.4 Å². The van der Waals surface area contributed by atoms with Crippen molar-refractivity contribution in [1.82, 2.24) is 0 Å². The average molecular weight is 129 g/mol. The average Bonchev–Trinajstić information content (AvgIpc) is 1.79. The van der Waals surface area contributed by atoms with Crippen LogP contribution in [0, 0.1) is 0 Å². The van der Waals surface area contributed by atoms with Crippen molar-refractivity contribution in [1.29, 1.82) is 0 Å². The summed E-state index contributed by atoms with van der Waals surface area (Å²) >= 11 is 0. The number of ether oxygens (including phenoxy) is 1. The molecule has 0 aromatic rings. The fraction of sp³-hybridized carbons (Fsp3) is 0.833. The van der Waals surface area contributed by atoms with E-state index in [9.17, 15) is 0 Å². The van der Waals surface area contributed by atoms with Crippen LogP contribution in [-0.2, 0) is 4.74 Å². The van der Waals surface area contributed by atoms with Crippen LogP contribution in [0.5, 0.6) is 0 Å². The van der Waals surface area contributed by atoms with E-state index < -0.39 is 11.8 Å². The number of aliphatic hydroxyl groups is 1. The van der Waals surface area contributed by atoms with Gasteiger partial charge in [0.2, 0.25) is 6.29 Å². The highest BCUT2D eigenvalue weighted by molar-refractivity contribution is 5.75. The molecule has 0 radical (unpaired) electrons. The second kappa shape index (κ2) is 1.70. The molecule has 0 saturated carbocycles. The van der Waals surface area contributed by atoms with Crippen molar-refractivity contribution in [2.24, 2.45) is 4.99 Å². The van der Waals surface area contributed by atoms with Crippen LogP contribution in [0.3, 0.4) is 0 Å². The van der Waals surface area contributed by atoms with Gasteiger partial charge in [0, 0.05) is 6.92 Å². The van der Waals surface area contributed by atoms with E-state index in [-0.39, 0.29) is 0 Å². The van der Waals surface area contributed by atoms with E-state index >= 15 is 0 Å². The number of nitrogens with zero attached hydrogens (tertiary/aromatic N) is 1. The first kappa shape index (κ1) is 6.55. The first-order valence-electron chi connectivity index (χ1n) is 2.93. The third-order valence-corrected chi connectivity index (χ3v) is 1.33. The van der Waals surface area contributed by atoms with Crippen LogP contribution in [0.1, 0.15) is 20.8 Å². The van der Waals surface area contributed by atoms with Crippen molar-refractivity contribution in [3.8, 4) is 0 Å². The smallest absolute Gasteiger partial charge is 0.223 e. The van der Waals surface area contributed by atoms with Crippen molar-refractivity contribution in [3.05, 3.63) is 0 Å². The number of rotatable bonds is 0. The lowest BCUT2D eigenvalue weighted by atomic mass is 10.1. The summed E-state index contributed by atoms with van der Waals surface area (Å²) in [4.78, 5) is 4.05. The Kier molecular flexibility index (Phi) is 1.24. The second-order valence-corrected chi connectivity index (χ2v) is 2.75. The lowest BCUT2D eigenvalue weighted by Crippen LogP contribution is -2.30. The largest absolute Gasteiger partial charge is 0.450 e. The van der Waals surface area contributed by atoms with Crippen molar-refractivity contribution >= 4 is 5.90 Å². The molecule has 1 atom stereocenters. The van der Waals surface area contributed by atoms with Crippen molar-refractivity contribution in [3.63, 3.8) is 0 Å². The van der Waals surface area contributed by atoms with Gasteiger partial charge >= 0.3 is 0 Å². The van der Waals surface area contributed by atoms with Gasteiger partial charge in [-0.15, -0.1) is 0 Å². The number of hydrogen-bond donors (Lipinski definition) is 1. The molecule has 1 aliphatic rings. The highest BCUT2D eigenvalue weighted by Crippen LogP contribution is 2.22. The lowest BCUT2D eigenvalue weighted by molar-refractivity contribution is -0.0519. The Balaban J connectivity index is 2.76. The van der Waals surface area contributed by atoms with Crippen LogP contribution in [0.25, 0.3) is 0 Å². The highest BCUT2D eigenvalue weighted by Gasteiger charge is 2.34. The summed E-state index contributed by atoms with van der Waals surface area (Å²) < 4.78 is 4.88. The first-order valence-corrected chi connectivity index (χ1v) is 2.93. The Morgan fingerprint density at radius 1 is 1.67 bits per heavy atom. The summed E-state index contributed by atoms with van der Waals surface area (Å²) in [5.74, 6) is 0.563. The monoisotopic (exact) mass is 129 g/mol. The molecule has 0 amide bonds. The number of hydrogen-bond acceptors (Lipinski definition) is 3. The molecule has 1 rings (SSSR count). The van der Waals surface area contributed by atoms with E-state index in [4.69, 9.17) is 9.84 Å². The van der Waals surface area contributed by atoms with E-state index in [0.29, 0.717) is 5.90 Å². The zero-order valence-electron chi connectivity index (χ0n) is 5.88. The molecule has 0 fully saturated rings. The van der Waals surface area contributed by atoms with Gasteiger partial charge in [-0.05, 0) is 13.8 Å². The van der Waals surface area contributed by atoms with Gasteiger partial charge in [-0.1, -0.05) is 0 Å². The van der Waals surface area contributed by atoms with Crippen LogP contribution in [0.4, 0.5) is 0 Å². The molecule has 0 bridgehead atoms. The van der Waals surface area contributed by atoms with E-state index in [0.717, 1.165) is 0 Å². The van der Waals surface area contributed by atoms with Crippen LogP contribution in [0.15, 0.2) is 4.99 Å². The summed E-state index contributed by atoms with van der Waals surface area (Å²) in [5, 5.41) is 9.09. The fourth-order valence-electron chi connectivity index (χ4n) is 0.793. The molecular weight excluding hydrogens is 118 g/mol. The van der Waals surface area contributed by atoms with Gasteiger partial charge in [-0.2, -0.15) is 0 Å². The Hall–Kier alpha value is -0.570. The molecule has 0 aromatic heterocycles. The van der Waals surface area contributed by atoms with Crippen LogP contribution < -0.4 is 0 Å². The topological polar surface area (TPSA) is 41.8 Å². The number of aliphatic hydroxyl groups excluding tert-OH is 1. The van der Waals surface area contributed by atoms with Crippen molar-refractivity contribution < 1.29 is 9.84 Å². The number of aliphatic imine (C=N–C) groups is 1. The quantitative estimate of drug-likeness (QED) is 0.518. The maximum absolute atomic E-state index is 9.09. The van der Waals surface area contributed by atoms with Crippen molar-refractivity contribution in [2.75, 3.05) is 0 Å². The summed E-state index contributed by atoms with van der Waals surface area (Å²) in [5.41, 5.74) is -0.454. The van der Waals surface area contributed by atoms with E-state index in [2.05, 4.69) is 4.99 Å². The zero-order chi connectivity index (χ0) is 7.07. The van der Waals surface area contributed by atoms with E-state index in [1.165, 1.54) is 0 Å². The molecule has 52 valence electrons. The summed E-state index contributed by atoms with van der Waals surface area (Å²) in [7, 11) is 0. The molecule has 0 aliphatic carbocycles. The highest BCUT2D eigenvalue weighted by atomic mass is 16.6. The van der Waals surface area contributed by atoms with Crippen LogP contribution in [-0.4, -0.2) is 22.8 Å². The standard InChI is InChI=1S/C6H11NO2/c1-4-7-6(2,3)5(8)9-4/h5,8H,1-3H3. The third-order valence-electron chi connectivity index (χ3n) is 1.33. The minimum atomic E-state index is -0.766. The molecule has 0 spiro atoms. The Morgan fingerprint density at radius 2 is 2.22 bits per heavy atom. The molecule has 1 aliphatic heterocycles. The fourth-order valence-corrected chi connectivity index (χ4v) is 0.793. The SMILES string of the molecule is CC1=NC(C)(C)C(O)O1. The Bertz CT molecular complexity index is 151. The lowest BCUT2D eigenvalue weighted by Gasteiger charge is -2.16. The van der Waals surface area contributed by atoms with Crippen LogP contribution >= 0.6 is 0 Å². The molecule has 0 saturated heterocycles. The molecule has 1 heterocycles. The first-order chi connectivity index (χ1) is 4.02. The molecule has 9 heavy (non-hydrogen) atoms. The van der Waals surface area contributed by atoms with Gasteiger partial charge in [0.25, 0.3) is 0 Å². The molecule has 3 heteroatoms. The second-order valence-electron chi connectivity index (χ2n) is 2.75. The van der Waals surface area contributed by atoms with Crippen LogP contribution in [0.2, 0.25) is 0 Å². The third kappa shape index (κ3) is 1.05. The minimum absolute atomic E-state index is 0.454. The van der Waals surface area contributed by atoms with Crippen molar-refractivity contribution in [2.45, 2.75) is 32.6 Å². The van der Waals surface area contributed by atoms with E-state index in [1.54, 1.807) is 6.92 Å². The predicted molar refractivity (Wildman–Crippen MR) is 34.3 cm³/mol. The molecule has 1 N–H and O–H groups in total. The van der Waals surface area contributed by atoms with Gasteiger partial charge in [0.1, 0.15) is 5.54 Å². The molecule has 1 unspecified atom stereocenters. The molecule has 3 nitrogen and oxygen atoms in total. The minimum Gasteiger partial charge on any atom is -0.450 e. The normalized spacial score (nSPS) is 31.6. The molecular formula is C6H11NO2. The molecule has 0 aromatic carbocycles. The van der Waals surface area contributed by atoms with Gasteiger partial charge in [-0.25, -0.2) is 4.99 Å². The zero-order valence-corrected chi connectivity index (χ0v) is 5.88.